The number of hydrogen-bond donors (Lipinski definition) is 2. The molecule has 6 heteroatoms. The standard InChI is InChI=1S/C21H31N3O3/c25-11-10-23-8-3-6-21(16-26)7-9-24(14-19(21)23)20(27)15-22-12-17-4-1-2-5-18(17)13-22/h1-2,4-5,19,25-26H,3,6-16H2/t19-,21-/m1/s1. The summed E-state index contributed by atoms with van der Waals surface area (Å²) in [7, 11) is 0. The molecule has 3 aliphatic rings. The molecule has 1 amide bonds. The molecule has 148 valence electrons. The van der Waals surface area contributed by atoms with Gasteiger partial charge in [-0.1, -0.05) is 24.3 Å². The molecule has 2 fully saturated rings. The van der Waals surface area contributed by atoms with Gasteiger partial charge in [0, 0.05) is 44.2 Å². The number of aliphatic hydroxyl groups is 2. The van der Waals surface area contributed by atoms with Gasteiger partial charge in [0.1, 0.15) is 0 Å². The number of piperidine rings is 2. The van der Waals surface area contributed by atoms with Gasteiger partial charge < -0.3 is 15.1 Å². The summed E-state index contributed by atoms with van der Waals surface area (Å²) in [5.74, 6) is 0.184. The Kier molecular flexibility index (Phi) is 5.50. The van der Waals surface area contributed by atoms with Crippen LogP contribution in [0.2, 0.25) is 0 Å². The third kappa shape index (κ3) is 3.63. The molecule has 4 rings (SSSR count). The number of aliphatic hydroxyl groups excluding tert-OH is 2. The summed E-state index contributed by atoms with van der Waals surface area (Å²) in [4.78, 5) is 19.5. The molecule has 0 radical (unpaired) electrons. The summed E-state index contributed by atoms with van der Waals surface area (Å²) in [5.41, 5.74) is 2.53. The number of carbonyl (C=O) groups is 1. The smallest absolute Gasteiger partial charge is 0.236 e. The largest absolute Gasteiger partial charge is 0.396 e. The van der Waals surface area contributed by atoms with Crippen LogP contribution in [0.1, 0.15) is 30.4 Å². The molecule has 0 bridgehead atoms. The van der Waals surface area contributed by atoms with Crippen LogP contribution in [-0.4, -0.2) is 82.8 Å². The lowest BCUT2D eigenvalue weighted by molar-refractivity contribution is -0.142. The van der Waals surface area contributed by atoms with Crippen LogP contribution in [-0.2, 0) is 17.9 Å². The van der Waals surface area contributed by atoms with E-state index in [-0.39, 0.29) is 30.6 Å². The number of carbonyl (C=O) groups excluding carboxylic acids is 1. The molecule has 1 aromatic rings. The number of rotatable bonds is 5. The minimum absolute atomic E-state index is 0.117. The summed E-state index contributed by atoms with van der Waals surface area (Å²) < 4.78 is 0. The number of hydrogen-bond acceptors (Lipinski definition) is 5. The fraction of sp³-hybridized carbons (Fsp3) is 0.667. The molecule has 0 aromatic heterocycles. The number of nitrogens with zero attached hydrogens (tertiary/aromatic N) is 3. The van der Waals surface area contributed by atoms with Crippen molar-refractivity contribution in [3.05, 3.63) is 35.4 Å². The van der Waals surface area contributed by atoms with Crippen LogP contribution in [0.15, 0.2) is 24.3 Å². The highest BCUT2D eigenvalue weighted by Gasteiger charge is 2.48. The second-order valence-corrected chi connectivity index (χ2v) is 8.40. The van der Waals surface area contributed by atoms with E-state index in [0.29, 0.717) is 19.6 Å². The molecule has 0 aliphatic carbocycles. The molecule has 0 spiro atoms. The van der Waals surface area contributed by atoms with E-state index in [9.17, 15) is 15.0 Å². The predicted octanol–water partition coefficient (Wildman–Crippen LogP) is 0.670. The second kappa shape index (κ2) is 7.87. The summed E-state index contributed by atoms with van der Waals surface area (Å²) in [6, 6.07) is 8.55. The van der Waals surface area contributed by atoms with Gasteiger partial charge in [0.15, 0.2) is 0 Å². The normalized spacial score (nSPS) is 28.8. The number of amides is 1. The van der Waals surface area contributed by atoms with Crippen LogP contribution in [0.5, 0.6) is 0 Å². The molecule has 27 heavy (non-hydrogen) atoms. The highest BCUT2D eigenvalue weighted by atomic mass is 16.3. The maximum atomic E-state index is 13.0. The van der Waals surface area contributed by atoms with Gasteiger partial charge in [-0.05, 0) is 36.9 Å². The number of fused-ring (bicyclic) bond motifs is 2. The van der Waals surface area contributed by atoms with Crippen LogP contribution < -0.4 is 0 Å². The van der Waals surface area contributed by atoms with E-state index in [4.69, 9.17) is 0 Å². The average molecular weight is 373 g/mol. The molecule has 2 atom stereocenters. The topological polar surface area (TPSA) is 67.2 Å². The minimum atomic E-state index is -0.117. The van der Waals surface area contributed by atoms with E-state index in [1.165, 1.54) is 11.1 Å². The molecule has 3 heterocycles. The van der Waals surface area contributed by atoms with Crippen molar-refractivity contribution in [1.82, 2.24) is 14.7 Å². The zero-order valence-corrected chi connectivity index (χ0v) is 16.0. The maximum absolute atomic E-state index is 13.0. The Balaban J connectivity index is 1.40. The molecule has 2 saturated heterocycles. The van der Waals surface area contributed by atoms with Gasteiger partial charge in [0.2, 0.25) is 5.91 Å². The van der Waals surface area contributed by atoms with Crippen molar-refractivity contribution in [2.24, 2.45) is 5.41 Å². The molecule has 0 unspecified atom stereocenters. The predicted molar refractivity (Wildman–Crippen MR) is 103 cm³/mol. The van der Waals surface area contributed by atoms with Crippen molar-refractivity contribution in [2.75, 3.05) is 45.9 Å². The molecule has 3 aliphatic heterocycles. The Morgan fingerprint density at radius 2 is 1.85 bits per heavy atom. The van der Waals surface area contributed by atoms with Gasteiger partial charge in [0.25, 0.3) is 0 Å². The van der Waals surface area contributed by atoms with Crippen LogP contribution >= 0.6 is 0 Å². The van der Waals surface area contributed by atoms with Gasteiger partial charge in [-0.25, -0.2) is 0 Å². The summed E-state index contributed by atoms with van der Waals surface area (Å²) in [6.45, 7) is 5.39. The maximum Gasteiger partial charge on any atom is 0.236 e. The third-order valence-corrected chi connectivity index (χ3v) is 6.86. The molecule has 2 N–H and O–H groups in total. The van der Waals surface area contributed by atoms with Crippen molar-refractivity contribution < 1.29 is 15.0 Å². The SMILES string of the molecule is O=C(CN1Cc2ccccc2C1)N1CC[C@@]2(CO)CCCN(CCO)[C@@H]2C1. The van der Waals surface area contributed by atoms with Crippen molar-refractivity contribution >= 4 is 5.91 Å². The lowest BCUT2D eigenvalue weighted by Gasteiger charge is -2.54. The average Bonchev–Trinajstić information content (AvgIpc) is 3.10. The lowest BCUT2D eigenvalue weighted by atomic mass is 9.69. The van der Waals surface area contributed by atoms with Crippen LogP contribution in [0, 0.1) is 5.41 Å². The fourth-order valence-electron chi connectivity index (χ4n) is 5.30. The minimum Gasteiger partial charge on any atom is -0.396 e. The lowest BCUT2D eigenvalue weighted by Crippen LogP contribution is -2.64. The van der Waals surface area contributed by atoms with E-state index in [1.807, 2.05) is 4.90 Å². The molecule has 6 nitrogen and oxygen atoms in total. The summed E-state index contributed by atoms with van der Waals surface area (Å²) in [5, 5.41) is 19.5. The van der Waals surface area contributed by atoms with Gasteiger partial charge in [-0.3, -0.25) is 14.6 Å². The van der Waals surface area contributed by atoms with Gasteiger partial charge in [0.05, 0.1) is 19.8 Å². The molecule has 1 aromatic carbocycles. The fourth-order valence-corrected chi connectivity index (χ4v) is 5.30. The number of β-amino-alcohol motifs (C(OH)–C–C–N with tert-alkyl or cyclic N) is 1. The zero-order chi connectivity index (χ0) is 18.9. The van der Waals surface area contributed by atoms with E-state index in [0.717, 1.165) is 45.4 Å². The Labute approximate surface area is 161 Å². The summed E-state index contributed by atoms with van der Waals surface area (Å²) in [6.07, 6.45) is 2.92. The Morgan fingerprint density at radius 3 is 2.52 bits per heavy atom. The number of likely N-dealkylation sites (tertiary alicyclic amines) is 2. The molecular formula is C21H31N3O3. The summed E-state index contributed by atoms with van der Waals surface area (Å²) >= 11 is 0. The second-order valence-electron chi connectivity index (χ2n) is 8.40. The van der Waals surface area contributed by atoms with Gasteiger partial charge >= 0.3 is 0 Å². The first-order valence-corrected chi connectivity index (χ1v) is 10.2. The number of benzene rings is 1. The van der Waals surface area contributed by atoms with Crippen LogP contribution in [0.4, 0.5) is 0 Å². The Bertz CT molecular complexity index is 655. The zero-order valence-electron chi connectivity index (χ0n) is 16.0. The Morgan fingerprint density at radius 1 is 1.11 bits per heavy atom. The molecular weight excluding hydrogens is 342 g/mol. The van der Waals surface area contributed by atoms with Crippen molar-refractivity contribution in [3.63, 3.8) is 0 Å². The Hall–Kier alpha value is -1.47. The van der Waals surface area contributed by atoms with E-state index in [1.54, 1.807) is 0 Å². The molecule has 0 saturated carbocycles. The van der Waals surface area contributed by atoms with Crippen LogP contribution in [0.25, 0.3) is 0 Å². The first-order chi connectivity index (χ1) is 13.1. The van der Waals surface area contributed by atoms with Crippen molar-refractivity contribution in [1.29, 1.82) is 0 Å². The van der Waals surface area contributed by atoms with E-state index >= 15 is 0 Å². The quantitative estimate of drug-likeness (QED) is 0.794. The highest BCUT2D eigenvalue weighted by molar-refractivity contribution is 5.78. The van der Waals surface area contributed by atoms with Gasteiger partial charge in [-0.15, -0.1) is 0 Å². The van der Waals surface area contributed by atoms with E-state index < -0.39 is 0 Å². The third-order valence-electron chi connectivity index (χ3n) is 6.86. The van der Waals surface area contributed by atoms with E-state index in [2.05, 4.69) is 34.1 Å². The van der Waals surface area contributed by atoms with Crippen molar-refractivity contribution in [2.45, 2.75) is 38.4 Å². The monoisotopic (exact) mass is 373 g/mol. The van der Waals surface area contributed by atoms with Gasteiger partial charge in [-0.2, -0.15) is 0 Å². The first kappa shape index (κ1) is 18.9. The highest BCUT2D eigenvalue weighted by Crippen LogP contribution is 2.42. The van der Waals surface area contributed by atoms with Crippen LogP contribution in [0.3, 0.4) is 0 Å². The van der Waals surface area contributed by atoms with Crippen molar-refractivity contribution in [3.8, 4) is 0 Å². The first-order valence-electron chi connectivity index (χ1n) is 10.2.